The summed E-state index contributed by atoms with van der Waals surface area (Å²) in [5.41, 5.74) is 0. The third kappa shape index (κ3) is 106. The van der Waals surface area contributed by atoms with Crippen LogP contribution in [-0.2, 0) is 55.7 Å². The van der Waals surface area contributed by atoms with E-state index in [1.54, 1.807) is 0 Å². The molecule has 0 rings (SSSR count). The molecule has 0 fully saturated rings. The molecule has 0 aliphatic rings. The van der Waals surface area contributed by atoms with Gasteiger partial charge in [0.1, 0.15) is 0 Å². The summed E-state index contributed by atoms with van der Waals surface area (Å²) in [4.78, 5) is 40.9. The van der Waals surface area contributed by atoms with Crippen molar-refractivity contribution in [3.05, 3.63) is 48.6 Å². The Hall–Kier alpha value is -2.02. The van der Waals surface area contributed by atoms with Gasteiger partial charge >= 0.3 is 36.5 Å². The molecule has 10 heteroatoms. The molecular formula is C72H132FeO8Zn. The quantitative estimate of drug-likeness (QED) is 0.0330. The van der Waals surface area contributed by atoms with E-state index in [1.807, 2.05) is 0 Å². The first kappa shape index (κ1) is 91.2. The van der Waals surface area contributed by atoms with E-state index < -0.39 is 23.9 Å². The molecule has 0 aromatic heterocycles. The molecule has 478 valence electrons. The van der Waals surface area contributed by atoms with Crippen LogP contribution in [-0.4, -0.2) is 23.9 Å². The minimum absolute atomic E-state index is 0. The number of allylic oxidation sites excluding steroid dienone is 8. The average Bonchev–Trinajstić information content (AvgIpc) is 3.43. The maximum Gasteiger partial charge on any atom is 2.00 e. The molecule has 0 aromatic carbocycles. The number of carboxylic acids is 4. The zero-order chi connectivity index (χ0) is 59.6. The molecule has 0 atom stereocenters. The monoisotopic (exact) mass is 1240 g/mol. The van der Waals surface area contributed by atoms with Crippen LogP contribution in [0.1, 0.15) is 387 Å². The van der Waals surface area contributed by atoms with Gasteiger partial charge in [-0.3, -0.25) is 0 Å². The van der Waals surface area contributed by atoms with Crippen LogP contribution in [0.25, 0.3) is 0 Å². The van der Waals surface area contributed by atoms with Gasteiger partial charge < -0.3 is 39.6 Å². The second-order valence-corrected chi connectivity index (χ2v) is 22.8. The number of aliphatic carboxylic acids is 4. The van der Waals surface area contributed by atoms with Crippen molar-refractivity contribution in [1.82, 2.24) is 0 Å². The van der Waals surface area contributed by atoms with E-state index in [-0.39, 0.29) is 62.2 Å². The second-order valence-electron chi connectivity index (χ2n) is 22.8. The summed E-state index contributed by atoms with van der Waals surface area (Å²) in [6.45, 7) is 9.02. The van der Waals surface area contributed by atoms with Crippen LogP contribution in [0, 0.1) is 0 Å². The van der Waals surface area contributed by atoms with Crippen molar-refractivity contribution >= 4 is 23.9 Å². The van der Waals surface area contributed by atoms with Gasteiger partial charge in [-0.25, -0.2) is 0 Å². The van der Waals surface area contributed by atoms with Gasteiger partial charge in [-0.15, -0.1) is 0 Å². The third-order valence-corrected chi connectivity index (χ3v) is 14.6. The topological polar surface area (TPSA) is 161 Å². The summed E-state index contributed by atoms with van der Waals surface area (Å²) in [6.07, 6.45) is 83.6. The summed E-state index contributed by atoms with van der Waals surface area (Å²) in [6, 6.07) is 0. The van der Waals surface area contributed by atoms with Crippen LogP contribution in [0.3, 0.4) is 0 Å². The molecule has 0 saturated heterocycles. The first-order chi connectivity index (χ1) is 39.1. The molecule has 8 nitrogen and oxygen atoms in total. The van der Waals surface area contributed by atoms with Gasteiger partial charge in [0.15, 0.2) is 0 Å². The summed E-state index contributed by atoms with van der Waals surface area (Å²) in [5, 5.41) is 40.9. The second kappa shape index (κ2) is 87.8. The Morgan fingerprint density at radius 2 is 0.317 bits per heavy atom. The van der Waals surface area contributed by atoms with Crippen molar-refractivity contribution in [2.24, 2.45) is 0 Å². The number of carbonyl (C=O) groups is 4. The Kier molecular flexibility index (Phi) is 97.6. The van der Waals surface area contributed by atoms with Gasteiger partial charge in [0.05, 0.1) is 0 Å². The summed E-state index contributed by atoms with van der Waals surface area (Å²) in [7, 11) is 0. The Morgan fingerprint density at radius 1 is 0.207 bits per heavy atom. The van der Waals surface area contributed by atoms with Crippen LogP contribution in [0.2, 0.25) is 0 Å². The predicted octanol–water partition coefficient (Wildman–Crippen LogP) is 19.1. The van der Waals surface area contributed by atoms with E-state index in [2.05, 4.69) is 76.3 Å². The Morgan fingerprint density at radius 3 is 0.439 bits per heavy atom. The van der Waals surface area contributed by atoms with Gasteiger partial charge in [0, 0.05) is 23.9 Å². The Labute approximate surface area is 532 Å². The van der Waals surface area contributed by atoms with E-state index in [4.69, 9.17) is 0 Å². The fourth-order valence-corrected chi connectivity index (χ4v) is 9.36. The fraction of sp³-hybridized carbons (Fsp3) is 0.833. The van der Waals surface area contributed by atoms with Crippen LogP contribution in [0.5, 0.6) is 0 Å². The smallest absolute Gasteiger partial charge is 0.550 e. The third-order valence-electron chi connectivity index (χ3n) is 14.6. The summed E-state index contributed by atoms with van der Waals surface area (Å²) in [5.74, 6) is -3.66. The fourth-order valence-electron chi connectivity index (χ4n) is 9.36. The van der Waals surface area contributed by atoms with Gasteiger partial charge in [-0.1, -0.05) is 282 Å². The van der Waals surface area contributed by atoms with Gasteiger partial charge in [0.2, 0.25) is 0 Å². The molecule has 0 aromatic rings. The van der Waals surface area contributed by atoms with Crippen LogP contribution in [0.4, 0.5) is 0 Å². The predicted molar refractivity (Wildman–Crippen MR) is 338 cm³/mol. The molecule has 0 bridgehead atoms. The molecule has 0 N–H and O–H groups in total. The van der Waals surface area contributed by atoms with Gasteiger partial charge in [0.25, 0.3) is 0 Å². The van der Waals surface area contributed by atoms with Crippen LogP contribution < -0.4 is 20.4 Å². The molecule has 0 radical (unpaired) electrons. The SMILES string of the molecule is CCCCCCCC/C=C\CCCCCCCC(=O)[O-].CCCCCCCC/C=C\CCCCCCCC(=O)[O-].CCCCCCCC/C=C\CCCCCCCC(=O)[O-].CCCCCCCC/C=C\CCCCCCCC(=O)[O-].[Fe+2].[Zn+2]. The molecule has 82 heavy (non-hydrogen) atoms. The maximum absolute atomic E-state index is 10.2. The van der Waals surface area contributed by atoms with E-state index in [0.29, 0.717) is 0 Å². The number of unbranched alkanes of at least 4 members (excludes halogenated alkanes) is 44. The van der Waals surface area contributed by atoms with E-state index in [9.17, 15) is 39.6 Å². The zero-order valence-electron chi connectivity index (χ0n) is 54.5. The average molecular weight is 1250 g/mol. The van der Waals surface area contributed by atoms with Crippen LogP contribution >= 0.6 is 0 Å². The van der Waals surface area contributed by atoms with Gasteiger partial charge in [-0.05, 0) is 154 Å². The minimum Gasteiger partial charge on any atom is -0.550 e. The molecule has 0 aliphatic heterocycles. The maximum atomic E-state index is 10.2. The number of hydrogen-bond donors (Lipinski definition) is 0. The first-order valence-corrected chi connectivity index (χ1v) is 34.5. The number of rotatable bonds is 60. The molecule has 0 unspecified atom stereocenters. The molecule has 0 heterocycles. The number of carbonyl (C=O) groups excluding carboxylic acids is 4. The van der Waals surface area contributed by atoms with E-state index in [1.165, 1.54) is 257 Å². The zero-order valence-corrected chi connectivity index (χ0v) is 58.6. The van der Waals surface area contributed by atoms with Gasteiger partial charge in [-0.2, -0.15) is 0 Å². The standard InChI is InChI=1S/4C18H34O2.Fe.Zn/c4*1-2-3-4-5-6-7-8-9-10-11-12-13-14-15-16-17-18(19)20;;/h4*9-10H,2-8,11-17H2,1H3,(H,19,20);;/q;;;;2*+2/p-4/b4*10-9-;;. The molecule has 0 saturated carbocycles. The number of hydrogen-bond acceptors (Lipinski definition) is 8. The van der Waals surface area contributed by atoms with Crippen molar-refractivity contribution in [2.75, 3.05) is 0 Å². The molecular weight excluding hydrogens is 1110 g/mol. The number of carboxylic acid groups (broad SMARTS) is 4. The first-order valence-electron chi connectivity index (χ1n) is 34.5. The largest absolute Gasteiger partial charge is 2.00 e. The van der Waals surface area contributed by atoms with Crippen LogP contribution in [0.15, 0.2) is 48.6 Å². The van der Waals surface area contributed by atoms with Crippen molar-refractivity contribution in [1.29, 1.82) is 0 Å². The normalized spacial score (nSPS) is 11.0. The summed E-state index contributed by atoms with van der Waals surface area (Å²) >= 11 is 0. The van der Waals surface area contributed by atoms with E-state index in [0.717, 1.165) is 77.0 Å². The molecule has 0 aliphatic carbocycles. The minimum atomic E-state index is -0.914. The van der Waals surface area contributed by atoms with Crippen molar-refractivity contribution in [2.45, 2.75) is 387 Å². The van der Waals surface area contributed by atoms with Crippen molar-refractivity contribution in [3.63, 3.8) is 0 Å². The Balaban J connectivity index is -0.000000233. The molecule has 0 amide bonds. The Bertz CT molecular complexity index is 1150. The van der Waals surface area contributed by atoms with Crippen molar-refractivity contribution in [3.8, 4) is 0 Å². The summed E-state index contributed by atoms with van der Waals surface area (Å²) < 4.78 is 0. The van der Waals surface area contributed by atoms with E-state index >= 15 is 0 Å². The van der Waals surface area contributed by atoms with Crippen molar-refractivity contribution < 1.29 is 76.2 Å². The molecule has 0 spiro atoms.